The van der Waals surface area contributed by atoms with Gasteiger partial charge in [-0.1, -0.05) is 42.0 Å². The number of ether oxygens (including phenoxy) is 1. The number of carbonyl (C=O) groups is 2. The van der Waals surface area contributed by atoms with Gasteiger partial charge in [-0.15, -0.1) is 0 Å². The molecule has 0 saturated heterocycles. The number of amides is 1. The van der Waals surface area contributed by atoms with E-state index in [4.69, 9.17) is 4.74 Å². The summed E-state index contributed by atoms with van der Waals surface area (Å²) in [5.74, 6) is -0.591. The Kier molecular flexibility index (Phi) is 5.31. The zero-order valence-electron chi connectivity index (χ0n) is 12.8. The monoisotopic (exact) mass is 297 g/mol. The van der Waals surface area contributed by atoms with Crippen LogP contribution in [0.2, 0.25) is 0 Å². The zero-order valence-corrected chi connectivity index (χ0v) is 12.8. The molecule has 114 valence electrons. The summed E-state index contributed by atoms with van der Waals surface area (Å²) in [5.41, 5.74) is 3.14. The highest BCUT2D eigenvalue weighted by molar-refractivity contribution is 6.01. The van der Waals surface area contributed by atoms with E-state index >= 15 is 0 Å². The molecule has 0 aliphatic rings. The highest BCUT2D eigenvalue weighted by atomic mass is 16.5. The van der Waals surface area contributed by atoms with E-state index in [1.807, 2.05) is 31.2 Å². The van der Waals surface area contributed by atoms with Gasteiger partial charge >= 0.3 is 5.97 Å². The third kappa shape index (κ3) is 4.19. The number of methoxy groups -OCH3 is 1. The average Bonchev–Trinajstić information content (AvgIpc) is 2.54. The summed E-state index contributed by atoms with van der Waals surface area (Å²) >= 11 is 0. The Morgan fingerprint density at radius 2 is 1.73 bits per heavy atom. The minimum atomic E-state index is -0.463. The van der Waals surface area contributed by atoms with Crippen molar-refractivity contribution in [2.75, 3.05) is 12.4 Å². The van der Waals surface area contributed by atoms with E-state index in [2.05, 4.69) is 5.32 Å². The molecule has 0 aliphatic carbocycles. The van der Waals surface area contributed by atoms with Crippen LogP contribution in [0.3, 0.4) is 0 Å². The van der Waals surface area contributed by atoms with Crippen molar-refractivity contribution in [2.24, 2.45) is 0 Å². The number of hydrogen-bond donors (Lipinski definition) is 1. The highest BCUT2D eigenvalue weighted by Crippen LogP contribution is 2.16. The van der Waals surface area contributed by atoms with E-state index < -0.39 is 5.97 Å². The number of anilines is 1. The summed E-state index contributed by atoms with van der Waals surface area (Å²) in [7, 11) is 1.32. The topological polar surface area (TPSA) is 55.4 Å². The summed E-state index contributed by atoms with van der Waals surface area (Å²) in [6.07, 6.45) is 1.02. The summed E-state index contributed by atoms with van der Waals surface area (Å²) in [4.78, 5) is 23.7. The number of nitrogens with one attached hydrogen (secondary N) is 1. The predicted molar refractivity (Wildman–Crippen MR) is 85.9 cm³/mol. The predicted octanol–water partition coefficient (Wildman–Crippen LogP) is 3.35. The molecule has 0 atom stereocenters. The van der Waals surface area contributed by atoms with Crippen LogP contribution in [0.15, 0.2) is 48.5 Å². The highest BCUT2D eigenvalue weighted by Gasteiger charge is 2.13. The van der Waals surface area contributed by atoms with Crippen molar-refractivity contribution in [2.45, 2.75) is 19.8 Å². The van der Waals surface area contributed by atoms with Gasteiger partial charge in [0.05, 0.1) is 18.4 Å². The number of benzene rings is 2. The molecule has 4 heteroatoms. The van der Waals surface area contributed by atoms with Crippen LogP contribution >= 0.6 is 0 Å². The quantitative estimate of drug-likeness (QED) is 0.861. The fourth-order valence-corrected chi connectivity index (χ4v) is 2.11. The van der Waals surface area contributed by atoms with Crippen molar-refractivity contribution >= 4 is 17.6 Å². The largest absolute Gasteiger partial charge is 0.465 e. The molecular weight excluding hydrogens is 278 g/mol. The molecule has 2 rings (SSSR count). The molecule has 0 aromatic heterocycles. The van der Waals surface area contributed by atoms with Gasteiger partial charge in [-0.2, -0.15) is 0 Å². The van der Waals surface area contributed by atoms with Crippen LogP contribution in [-0.2, 0) is 16.0 Å². The maximum atomic E-state index is 12.1. The second-order valence-electron chi connectivity index (χ2n) is 5.07. The molecule has 22 heavy (non-hydrogen) atoms. The van der Waals surface area contributed by atoms with Crippen LogP contribution < -0.4 is 5.32 Å². The first-order valence-electron chi connectivity index (χ1n) is 7.13. The lowest BCUT2D eigenvalue weighted by Gasteiger charge is -2.09. The Balaban J connectivity index is 1.97. The third-order valence-corrected chi connectivity index (χ3v) is 3.37. The maximum Gasteiger partial charge on any atom is 0.339 e. The van der Waals surface area contributed by atoms with E-state index in [1.54, 1.807) is 24.3 Å². The van der Waals surface area contributed by atoms with Gasteiger partial charge < -0.3 is 10.1 Å². The number of rotatable bonds is 5. The van der Waals surface area contributed by atoms with E-state index in [0.717, 1.165) is 5.56 Å². The van der Waals surface area contributed by atoms with Crippen LogP contribution in [0.4, 0.5) is 5.69 Å². The van der Waals surface area contributed by atoms with Crippen LogP contribution in [0.1, 0.15) is 27.9 Å². The van der Waals surface area contributed by atoms with Crippen LogP contribution in [0.5, 0.6) is 0 Å². The van der Waals surface area contributed by atoms with Crippen molar-refractivity contribution in [1.82, 2.24) is 0 Å². The molecule has 2 aromatic carbocycles. The fraction of sp³-hybridized carbons (Fsp3) is 0.222. The number of esters is 1. The molecule has 0 unspecified atom stereocenters. The van der Waals surface area contributed by atoms with Crippen molar-refractivity contribution in [1.29, 1.82) is 0 Å². The van der Waals surface area contributed by atoms with E-state index in [1.165, 1.54) is 12.7 Å². The molecule has 1 amide bonds. The average molecular weight is 297 g/mol. The Hall–Kier alpha value is -2.62. The van der Waals surface area contributed by atoms with Gasteiger partial charge in [0.15, 0.2) is 0 Å². The van der Waals surface area contributed by atoms with Crippen LogP contribution in [0.25, 0.3) is 0 Å². The number of aryl methyl sites for hydroxylation is 2. The SMILES string of the molecule is COC(=O)c1ccccc1NC(=O)CCc1ccc(C)cc1. The Labute approximate surface area is 130 Å². The lowest BCUT2D eigenvalue weighted by atomic mass is 10.1. The first kappa shape index (κ1) is 15.8. The molecule has 0 fully saturated rings. The maximum absolute atomic E-state index is 12.1. The van der Waals surface area contributed by atoms with Crippen LogP contribution in [-0.4, -0.2) is 19.0 Å². The van der Waals surface area contributed by atoms with Crippen molar-refractivity contribution in [3.63, 3.8) is 0 Å². The summed E-state index contributed by atoms with van der Waals surface area (Å²) in [6.45, 7) is 2.03. The fourth-order valence-electron chi connectivity index (χ4n) is 2.11. The molecule has 1 N–H and O–H groups in total. The molecule has 4 nitrogen and oxygen atoms in total. The number of para-hydroxylation sites is 1. The normalized spacial score (nSPS) is 10.1. The molecule has 0 saturated carbocycles. The van der Waals surface area contributed by atoms with Crippen LogP contribution in [0, 0.1) is 6.92 Å². The smallest absolute Gasteiger partial charge is 0.339 e. The van der Waals surface area contributed by atoms with Gasteiger partial charge in [0.2, 0.25) is 5.91 Å². The second-order valence-corrected chi connectivity index (χ2v) is 5.07. The van der Waals surface area contributed by atoms with Gasteiger partial charge in [-0.25, -0.2) is 4.79 Å². The number of carbonyl (C=O) groups excluding carboxylic acids is 2. The number of hydrogen-bond acceptors (Lipinski definition) is 3. The standard InChI is InChI=1S/C18H19NO3/c1-13-7-9-14(10-8-13)11-12-17(20)19-16-6-4-3-5-15(16)18(21)22-2/h3-10H,11-12H2,1-2H3,(H,19,20). The first-order chi connectivity index (χ1) is 10.6. The van der Waals surface area contributed by atoms with E-state index in [9.17, 15) is 9.59 Å². The molecule has 0 bridgehead atoms. The summed E-state index contributed by atoms with van der Waals surface area (Å²) < 4.78 is 4.71. The molecule has 0 spiro atoms. The van der Waals surface area contributed by atoms with Gasteiger partial charge in [0.25, 0.3) is 0 Å². The summed E-state index contributed by atoms with van der Waals surface area (Å²) in [5, 5.41) is 2.77. The van der Waals surface area contributed by atoms with E-state index in [0.29, 0.717) is 24.1 Å². The second kappa shape index (κ2) is 7.41. The minimum Gasteiger partial charge on any atom is -0.465 e. The minimum absolute atomic E-state index is 0.128. The van der Waals surface area contributed by atoms with Gasteiger partial charge in [-0.3, -0.25) is 4.79 Å². The first-order valence-corrected chi connectivity index (χ1v) is 7.13. The molecule has 0 aliphatic heterocycles. The van der Waals surface area contributed by atoms with Crippen molar-refractivity contribution < 1.29 is 14.3 Å². The molecule has 0 radical (unpaired) electrons. The lowest BCUT2D eigenvalue weighted by Crippen LogP contribution is -2.15. The Bertz CT molecular complexity index is 662. The van der Waals surface area contributed by atoms with Gasteiger partial charge in [0, 0.05) is 6.42 Å². The van der Waals surface area contributed by atoms with Crippen molar-refractivity contribution in [3.8, 4) is 0 Å². The zero-order chi connectivity index (χ0) is 15.9. The molecule has 2 aromatic rings. The van der Waals surface area contributed by atoms with Gasteiger partial charge in [-0.05, 0) is 31.0 Å². The Morgan fingerprint density at radius 3 is 2.41 bits per heavy atom. The van der Waals surface area contributed by atoms with Crippen molar-refractivity contribution in [3.05, 3.63) is 65.2 Å². The lowest BCUT2D eigenvalue weighted by molar-refractivity contribution is -0.116. The molecular formula is C18H19NO3. The Morgan fingerprint density at radius 1 is 1.05 bits per heavy atom. The third-order valence-electron chi connectivity index (χ3n) is 3.37. The molecule has 0 heterocycles. The summed E-state index contributed by atoms with van der Waals surface area (Å²) in [6, 6.07) is 14.9. The van der Waals surface area contributed by atoms with E-state index in [-0.39, 0.29) is 5.91 Å². The van der Waals surface area contributed by atoms with Gasteiger partial charge in [0.1, 0.15) is 0 Å².